The molecule has 1 aliphatic heterocycles. The van der Waals surface area contributed by atoms with Crippen LogP contribution in [-0.4, -0.2) is 49.4 Å². The number of aliphatic hydroxyl groups excluding tert-OH is 3. The Labute approximate surface area is 113 Å². The van der Waals surface area contributed by atoms with Gasteiger partial charge in [0.2, 0.25) is 0 Å². The van der Waals surface area contributed by atoms with E-state index in [-0.39, 0.29) is 0 Å². The van der Waals surface area contributed by atoms with Gasteiger partial charge < -0.3 is 20.1 Å². The molecule has 1 aliphatic rings. The van der Waals surface area contributed by atoms with Gasteiger partial charge in [-0.3, -0.25) is 9.36 Å². The number of aliphatic hydroxyl groups is 3. The lowest BCUT2D eigenvalue weighted by molar-refractivity contribution is -0.0553. The molecule has 0 saturated carbocycles. The van der Waals surface area contributed by atoms with Gasteiger partial charge in [0.05, 0.1) is 6.61 Å². The van der Waals surface area contributed by atoms with E-state index < -0.39 is 42.4 Å². The van der Waals surface area contributed by atoms with Crippen LogP contribution in [0.5, 0.6) is 0 Å². The molecule has 0 aliphatic carbocycles. The molecule has 0 radical (unpaired) electrons. The van der Waals surface area contributed by atoms with Crippen LogP contribution in [0.15, 0.2) is 21.9 Å². The fraction of sp³-hybridized carbons (Fsp3) is 0.500. The first kappa shape index (κ1) is 14.5. The molecule has 1 aromatic rings. The van der Waals surface area contributed by atoms with E-state index in [0.717, 1.165) is 16.8 Å². The van der Waals surface area contributed by atoms with Gasteiger partial charge in [0.1, 0.15) is 18.3 Å². The van der Waals surface area contributed by atoms with E-state index in [1.54, 1.807) is 0 Å². The highest BCUT2D eigenvalue weighted by Gasteiger charge is 2.43. The van der Waals surface area contributed by atoms with Crippen molar-refractivity contribution in [3.63, 3.8) is 0 Å². The minimum Gasteiger partial charge on any atom is -0.394 e. The van der Waals surface area contributed by atoms with Crippen molar-refractivity contribution in [1.29, 1.82) is 0 Å². The van der Waals surface area contributed by atoms with E-state index in [9.17, 15) is 19.8 Å². The summed E-state index contributed by atoms with van der Waals surface area (Å²) in [5.74, 6) is 2.43. The van der Waals surface area contributed by atoms with Gasteiger partial charge in [-0.15, -0.1) is 0 Å². The standard InChI is InChI=1S/C12H14N2O6/c1-2-4-13-8(16)3-5-14(12(13)19)11-10(18)9(17)7(6-15)20-11/h3,5,7,9-11,15,17-18H,6H2,1H3/t7-,9-,10+,11?/m1/s1. The molecule has 1 saturated heterocycles. The van der Waals surface area contributed by atoms with Crippen molar-refractivity contribution in [1.82, 2.24) is 9.13 Å². The molecule has 4 atom stereocenters. The molecule has 2 heterocycles. The van der Waals surface area contributed by atoms with Gasteiger partial charge in [0, 0.05) is 18.3 Å². The highest BCUT2D eigenvalue weighted by Crippen LogP contribution is 2.27. The van der Waals surface area contributed by atoms with Crippen LogP contribution in [-0.2, 0) is 4.74 Å². The summed E-state index contributed by atoms with van der Waals surface area (Å²) in [4.78, 5) is 23.6. The summed E-state index contributed by atoms with van der Waals surface area (Å²) in [5, 5.41) is 28.5. The summed E-state index contributed by atoms with van der Waals surface area (Å²) in [5.41, 5.74) is -1.39. The Morgan fingerprint density at radius 2 is 2.05 bits per heavy atom. The van der Waals surface area contributed by atoms with Crippen LogP contribution in [0.3, 0.4) is 0 Å². The van der Waals surface area contributed by atoms with Crippen LogP contribution < -0.4 is 11.2 Å². The molecule has 1 aromatic heterocycles. The van der Waals surface area contributed by atoms with Gasteiger partial charge in [0.15, 0.2) is 6.23 Å². The molecule has 2 rings (SSSR count). The lowest BCUT2D eigenvalue weighted by Gasteiger charge is -2.17. The molecule has 20 heavy (non-hydrogen) atoms. The fourth-order valence-corrected chi connectivity index (χ4v) is 2.01. The number of hydrogen-bond acceptors (Lipinski definition) is 6. The number of rotatable bonds is 2. The first-order valence-corrected chi connectivity index (χ1v) is 5.90. The Bertz CT molecular complexity index is 667. The van der Waals surface area contributed by atoms with Gasteiger partial charge in [-0.1, -0.05) is 5.92 Å². The monoisotopic (exact) mass is 282 g/mol. The summed E-state index contributed by atoms with van der Waals surface area (Å²) in [6, 6.07) is 3.43. The number of nitrogens with zero attached hydrogens (tertiary/aromatic N) is 2. The highest BCUT2D eigenvalue weighted by molar-refractivity contribution is 5.04. The Balaban J connectivity index is 2.49. The first-order valence-electron chi connectivity index (χ1n) is 5.90. The Kier molecular flexibility index (Phi) is 4.06. The first-order chi connectivity index (χ1) is 9.51. The third-order valence-electron chi connectivity index (χ3n) is 3.03. The maximum atomic E-state index is 12.1. The quantitative estimate of drug-likeness (QED) is 0.515. The lowest BCUT2D eigenvalue weighted by atomic mass is 10.1. The molecular weight excluding hydrogens is 268 g/mol. The van der Waals surface area contributed by atoms with E-state index in [4.69, 9.17) is 9.84 Å². The van der Waals surface area contributed by atoms with Gasteiger partial charge in [0.25, 0.3) is 5.56 Å². The molecular formula is C12H14N2O6. The third-order valence-corrected chi connectivity index (χ3v) is 3.03. The molecule has 3 N–H and O–H groups in total. The van der Waals surface area contributed by atoms with Gasteiger partial charge in [-0.25, -0.2) is 4.79 Å². The zero-order chi connectivity index (χ0) is 14.9. The van der Waals surface area contributed by atoms with Crippen molar-refractivity contribution < 1.29 is 20.1 Å². The predicted molar refractivity (Wildman–Crippen MR) is 66.8 cm³/mol. The molecule has 8 heteroatoms. The second-order valence-corrected chi connectivity index (χ2v) is 4.27. The average molecular weight is 282 g/mol. The van der Waals surface area contributed by atoms with Crippen LogP contribution >= 0.6 is 0 Å². The number of ether oxygens (including phenoxy) is 1. The van der Waals surface area contributed by atoms with E-state index in [2.05, 4.69) is 12.0 Å². The summed E-state index contributed by atoms with van der Waals surface area (Å²) < 4.78 is 6.85. The van der Waals surface area contributed by atoms with Crippen molar-refractivity contribution in [2.75, 3.05) is 6.61 Å². The van der Waals surface area contributed by atoms with Gasteiger partial charge >= 0.3 is 5.69 Å². The Morgan fingerprint density at radius 3 is 2.60 bits per heavy atom. The molecule has 1 fully saturated rings. The summed E-state index contributed by atoms with van der Waals surface area (Å²) in [6.07, 6.45) is -3.77. The van der Waals surface area contributed by atoms with Gasteiger partial charge in [-0.05, 0) is 6.92 Å². The molecule has 8 nitrogen and oxygen atoms in total. The largest absolute Gasteiger partial charge is 0.394 e. The molecule has 0 bridgehead atoms. The smallest absolute Gasteiger partial charge is 0.345 e. The average Bonchev–Trinajstić information content (AvgIpc) is 2.71. The minimum absolute atomic E-state index is 0.502. The molecule has 0 amide bonds. The molecule has 1 unspecified atom stereocenters. The van der Waals surface area contributed by atoms with E-state index >= 15 is 0 Å². The second-order valence-electron chi connectivity index (χ2n) is 4.27. The maximum absolute atomic E-state index is 12.1. The predicted octanol–water partition coefficient (Wildman–Crippen LogP) is -2.55. The SMILES string of the molecule is CC#Cn1c(=O)ccn(C2O[C@H](CO)[C@@H](O)[C@@H]2O)c1=O. The van der Waals surface area contributed by atoms with Crippen molar-refractivity contribution in [2.45, 2.75) is 31.5 Å². The van der Waals surface area contributed by atoms with Gasteiger partial charge in [-0.2, -0.15) is 4.57 Å². The maximum Gasteiger partial charge on any atom is 0.345 e. The Morgan fingerprint density at radius 1 is 1.35 bits per heavy atom. The topological polar surface area (TPSA) is 114 Å². The fourth-order valence-electron chi connectivity index (χ4n) is 2.01. The Hall–Kier alpha value is -1.92. The van der Waals surface area contributed by atoms with Crippen LogP contribution in [0, 0.1) is 12.0 Å². The van der Waals surface area contributed by atoms with Crippen molar-refractivity contribution >= 4 is 0 Å². The summed E-state index contributed by atoms with van der Waals surface area (Å²) in [7, 11) is 0. The zero-order valence-corrected chi connectivity index (χ0v) is 10.6. The van der Waals surface area contributed by atoms with Crippen LogP contribution in [0.1, 0.15) is 13.2 Å². The molecule has 108 valence electrons. The van der Waals surface area contributed by atoms with E-state index in [1.165, 1.54) is 6.92 Å². The summed E-state index contributed by atoms with van der Waals surface area (Å²) in [6.45, 7) is 0.966. The van der Waals surface area contributed by atoms with Crippen molar-refractivity contribution in [2.24, 2.45) is 0 Å². The van der Waals surface area contributed by atoms with Crippen molar-refractivity contribution in [3.05, 3.63) is 33.1 Å². The van der Waals surface area contributed by atoms with E-state index in [0.29, 0.717) is 4.57 Å². The lowest BCUT2D eigenvalue weighted by Crippen LogP contribution is -2.41. The third kappa shape index (κ3) is 2.28. The normalized spacial score (nSPS) is 29.0. The summed E-state index contributed by atoms with van der Waals surface area (Å²) >= 11 is 0. The highest BCUT2D eigenvalue weighted by atomic mass is 16.6. The minimum atomic E-state index is -1.40. The van der Waals surface area contributed by atoms with Crippen LogP contribution in [0.25, 0.3) is 0 Å². The molecule has 0 aromatic carbocycles. The van der Waals surface area contributed by atoms with Crippen LogP contribution in [0.2, 0.25) is 0 Å². The molecule has 0 spiro atoms. The second kappa shape index (κ2) is 5.60. The number of aromatic nitrogens is 2. The van der Waals surface area contributed by atoms with E-state index in [1.807, 2.05) is 0 Å². The number of hydrogen-bond donors (Lipinski definition) is 3. The zero-order valence-electron chi connectivity index (χ0n) is 10.6. The van der Waals surface area contributed by atoms with Crippen molar-refractivity contribution in [3.8, 4) is 12.0 Å². The van der Waals surface area contributed by atoms with Crippen LogP contribution in [0.4, 0.5) is 0 Å².